The molecular weight excluding hydrogens is 262 g/mol. The first-order valence-corrected chi connectivity index (χ1v) is 8.64. The van der Waals surface area contributed by atoms with Crippen molar-refractivity contribution in [3.05, 3.63) is 18.0 Å². The molecule has 3 rings (SSSR count). The Labute approximate surface area is 128 Å². The zero-order valence-electron chi connectivity index (χ0n) is 13.4. The van der Waals surface area contributed by atoms with Gasteiger partial charge in [0.15, 0.2) is 0 Å². The van der Waals surface area contributed by atoms with Gasteiger partial charge in [-0.3, -0.25) is 4.68 Å². The molecule has 1 aromatic heterocycles. The molecule has 4 heteroatoms. The summed E-state index contributed by atoms with van der Waals surface area (Å²) >= 11 is 0. The van der Waals surface area contributed by atoms with E-state index in [-0.39, 0.29) is 0 Å². The van der Waals surface area contributed by atoms with Gasteiger partial charge in [-0.1, -0.05) is 12.8 Å². The van der Waals surface area contributed by atoms with Crippen LogP contribution in [0.5, 0.6) is 0 Å². The molecule has 2 fully saturated rings. The molecule has 0 spiro atoms. The molecule has 2 saturated carbocycles. The summed E-state index contributed by atoms with van der Waals surface area (Å²) in [7, 11) is 2.05. The summed E-state index contributed by atoms with van der Waals surface area (Å²) < 4.78 is 8.20. The highest BCUT2D eigenvalue weighted by Crippen LogP contribution is 2.36. The average Bonchev–Trinajstić information content (AvgIpc) is 3.01. The number of aromatic nitrogens is 2. The van der Waals surface area contributed by atoms with Crippen LogP contribution in [0.25, 0.3) is 0 Å². The fraction of sp³-hybridized carbons (Fsp3) is 0.824. The summed E-state index contributed by atoms with van der Waals surface area (Å²) in [5.74, 6) is 0.749. The molecule has 4 nitrogen and oxygen atoms in total. The van der Waals surface area contributed by atoms with Gasteiger partial charge in [0.2, 0.25) is 0 Å². The highest BCUT2D eigenvalue weighted by molar-refractivity contribution is 5.05. The van der Waals surface area contributed by atoms with Gasteiger partial charge in [-0.25, -0.2) is 0 Å². The van der Waals surface area contributed by atoms with Gasteiger partial charge in [-0.15, -0.1) is 0 Å². The third-order valence-corrected chi connectivity index (χ3v) is 5.00. The first-order chi connectivity index (χ1) is 10.3. The summed E-state index contributed by atoms with van der Waals surface area (Å²) in [6, 6.07) is 3.21. The van der Waals surface area contributed by atoms with Crippen molar-refractivity contribution in [2.45, 2.75) is 70.1 Å². The summed E-state index contributed by atoms with van der Waals surface area (Å²) in [6.07, 6.45) is 11.4. The Morgan fingerprint density at radius 2 is 2.10 bits per heavy atom. The molecule has 0 bridgehead atoms. The van der Waals surface area contributed by atoms with Gasteiger partial charge in [-0.2, -0.15) is 5.10 Å². The lowest BCUT2D eigenvalue weighted by Crippen LogP contribution is -2.42. The lowest BCUT2D eigenvalue weighted by Gasteiger charge is -2.26. The van der Waals surface area contributed by atoms with E-state index < -0.39 is 0 Å². The van der Waals surface area contributed by atoms with Gasteiger partial charge in [-0.05, 0) is 51.6 Å². The van der Waals surface area contributed by atoms with Crippen LogP contribution < -0.4 is 5.32 Å². The molecular formula is C17H29N3O. The van der Waals surface area contributed by atoms with Crippen molar-refractivity contribution < 1.29 is 4.74 Å². The van der Waals surface area contributed by atoms with Crippen LogP contribution >= 0.6 is 0 Å². The zero-order chi connectivity index (χ0) is 14.7. The number of likely N-dealkylation sites (N-methyl/N-ethyl adjacent to an activating group) is 1. The lowest BCUT2D eigenvalue weighted by molar-refractivity contribution is 0.0208. The van der Waals surface area contributed by atoms with E-state index >= 15 is 0 Å². The minimum absolute atomic E-state index is 0.344. The molecule has 0 amide bonds. The van der Waals surface area contributed by atoms with Gasteiger partial charge in [0.25, 0.3) is 0 Å². The molecule has 118 valence electrons. The molecule has 1 N–H and O–H groups in total. The van der Waals surface area contributed by atoms with Crippen LogP contribution in [-0.2, 0) is 11.2 Å². The van der Waals surface area contributed by atoms with E-state index in [2.05, 4.69) is 29.2 Å². The molecule has 2 unspecified atom stereocenters. The van der Waals surface area contributed by atoms with Crippen molar-refractivity contribution in [3.8, 4) is 0 Å². The van der Waals surface area contributed by atoms with E-state index in [0.29, 0.717) is 18.2 Å². The number of ether oxygens (including phenoxy) is 1. The van der Waals surface area contributed by atoms with Gasteiger partial charge in [0.1, 0.15) is 0 Å². The lowest BCUT2D eigenvalue weighted by atomic mass is 10.0. The van der Waals surface area contributed by atoms with Crippen LogP contribution in [0, 0.1) is 5.92 Å². The van der Waals surface area contributed by atoms with Crippen LogP contribution in [0.2, 0.25) is 0 Å². The highest BCUT2D eigenvalue weighted by Gasteiger charge is 2.37. The largest absolute Gasteiger partial charge is 0.377 e. The molecule has 0 saturated heterocycles. The summed E-state index contributed by atoms with van der Waals surface area (Å²) in [4.78, 5) is 0. The van der Waals surface area contributed by atoms with E-state index in [1.54, 1.807) is 0 Å². The molecule has 0 aromatic carbocycles. The number of nitrogens with one attached hydrogen (secondary N) is 1. The first-order valence-electron chi connectivity index (χ1n) is 8.64. The zero-order valence-corrected chi connectivity index (χ0v) is 13.4. The summed E-state index contributed by atoms with van der Waals surface area (Å²) in [5, 5.41) is 8.28. The maximum atomic E-state index is 6.00. The molecule has 2 aliphatic rings. The highest BCUT2D eigenvalue weighted by atomic mass is 16.5. The standard InChI is InChI=1S/C17H29N3O/c1-3-21-17(13-8-9-13)16(18-2)12-14-10-11-20(19-14)15-6-4-5-7-15/h10-11,13,15-18H,3-9,12H2,1-2H3. The Hall–Kier alpha value is -0.870. The Morgan fingerprint density at radius 3 is 2.71 bits per heavy atom. The second kappa shape index (κ2) is 6.93. The minimum Gasteiger partial charge on any atom is -0.377 e. The van der Waals surface area contributed by atoms with Crippen LogP contribution in [0.15, 0.2) is 12.3 Å². The third kappa shape index (κ3) is 3.67. The van der Waals surface area contributed by atoms with E-state index in [0.717, 1.165) is 18.9 Å². The molecule has 0 aliphatic heterocycles. The number of nitrogens with zero attached hydrogens (tertiary/aromatic N) is 2. The Bertz CT molecular complexity index is 435. The van der Waals surface area contributed by atoms with E-state index in [9.17, 15) is 0 Å². The van der Waals surface area contributed by atoms with Crippen molar-refractivity contribution >= 4 is 0 Å². The van der Waals surface area contributed by atoms with E-state index in [1.165, 1.54) is 44.2 Å². The number of hydrogen-bond donors (Lipinski definition) is 1. The SMILES string of the molecule is CCOC(C1CC1)C(Cc1ccn(C2CCCC2)n1)NC. The fourth-order valence-electron chi connectivity index (χ4n) is 3.66. The van der Waals surface area contributed by atoms with Crippen LogP contribution in [0.3, 0.4) is 0 Å². The van der Waals surface area contributed by atoms with Crippen molar-refractivity contribution in [3.63, 3.8) is 0 Å². The van der Waals surface area contributed by atoms with E-state index in [1.807, 2.05) is 7.05 Å². The fourth-order valence-corrected chi connectivity index (χ4v) is 3.66. The Morgan fingerprint density at radius 1 is 1.33 bits per heavy atom. The monoisotopic (exact) mass is 291 g/mol. The van der Waals surface area contributed by atoms with Crippen LogP contribution in [0.4, 0.5) is 0 Å². The maximum Gasteiger partial charge on any atom is 0.0759 e. The smallest absolute Gasteiger partial charge is 0.0759 e. The molecule has 2 atom stereocenters. The first kappa shape index (κ1) is 15.0. The Balaban J connectivity index is 1.62. The predicted molar refractivity (Wildman–Crippen MR) is 84.4 cm³/mol. The van der Waals surface area contributed by atoms with Crippen molar-refractivity contribution in [2.75, 3.05) is 13.7 Å². The quantitative estimate of drug-likeness (QED) is 0.800. The molecule has 0 radical (unpaired) electrons. The summed E-state index contributed by atoms with van der Waals surface area (Å²) in [5.41, 5.74) is 1.20. The molecule has 2 aliphatic carbocycles. The van der Waals surface area contributed by atoms with Gasteiger partial charge in [0.05, 0.1) is 17.8 Å². The molecule has 21 heavy (non-hydrogen) atoms. The normalized spacial score (nSPS) is 22.6. The second-order valence-corrected chi connectivity index (χ2v) is 6.58. The number of rotatable bonds is 8. The summed E-state index contributed by atoms with van der Waals surface area (Å²) in [6.45, 7) is 2.90. The second-order valence-electron chi connectivity index (χ2n) is 6.58. The van der Waals surface area contributed by atoms with Crippen molar-refractivity contribution in [2.24, 2.45) is 5.92 Å². The number of hydrogen-bond acceptors (Lipinski definition) is 3. The third-order valence-electron chi connectivity index (χ3n) is 5.00. The average molecular weight is 291 g/mol. The van der Waals surface area contributed by atoms with Gasteiger partial charge in [0, 0.05) is 25.3 Å². The van der Waals surface area contributed by atoms with Crippen LogP contribution in [-0.4, -0.2) is 35.6 Å². The minimum atomic E-state index is 0.344. The topological polar surface area (TPSA) is 39.1 Å². The predicted octanol–water partition coefficient (Wildman–Crippen LogP) is 2.94. The molecule has 1 heterocycles. The Kier molecular flexibility index (Phi) is 4.96. The van der Waals surface area contributed by atoms with Crippen LogP contribution in [0.1, 0.15) is 57.2 Å². The van der Waals surface area contributed by atoms with Crippen molar-refractivity contribution in [1.82, 2.24) is 15.1 Å². The van der Waals surface area contributed by atoms with Gasteiger partial charge >= 0.3 is 0 Å². The van der Waals surface area contributed by atoms with E-state index in [4.69, 9.17) is 9.84 Å². The van der Waals surface area contributed by atoms with Gasteiger partial charge < -0.3 is 10.1 Å². The molecule has 1 aromatic rings. The maximum absolute atomic E-state index is 6.00. The van der Waals surface area contributed by atoms with Crippen molar-refractivity contribution in [1.29, 1.82) is 0 Å².